The zero-order chi connectivity index (χ0) is 9.10. The summed E-state index contributed by atoms with van der Waals surface area (Å²) in [4.78, 5) is 0. The van der Waals surface area contributed by atoms with E-state index in [9.17, 15) is 5.11 Å². The molecule has 1 aliphatic heterocycles. The van der Waals surface area contributed by atoms with Crippen LogP contribution in [-0.4, -0.2) is 17.8 Å². The minimum Gasteiger partial charge on any atom is -0.498 e. The summed E-state index contributed by atoms with van der Waals surface area (Å²) in [5, 5.41) is 9.80. The number of ether oxygens (including phenoxy) is 1. The van der Waals surface area contributed by atoms with E-state index in [2.05, 4.69) is 6.08 Å². The molecule has 2 nitrogen and oxygen atoms in total. The molecule has 13 heavy (non-hydrogen) atoms. The quantitative estimate of drug-likeness (QED) is 0.674. The van der Waals surface area contributed by atoms with Crippen molar-refractivity contribution < 1.29 is 9.84 Å². The minimum atomic E-state index is -0.155. The third-order valence-corrected chi connectivity index (χ3v) is 3.06. The Morgan fingerprint density at radius 2 is 2.08 bits per heavy atom. The highest BCUT2D eigenvalue weighted by Crippen LogP contribution is 2.32. The molecule has 0 radical (unpaired) electrons. The van der Waals surface area contributed by atoms with Crippen LogP contribution in [0.2, 0.25) is 0 Å². The molecule has 0 aromatic carbocycles. The Balaban J connectivity index is 2.00. The van der Waals surface area contributed by atoms with Crippen molar-refractivity contribution in [1.29, 1.82) is 0 Å². The Bertz CT molecular complexity index is 198. The van der Waals surface area contributed by atoms with Gasteiger partial charge in [-0.2, -0.15) is 0 Å². The van der Waals surface area contributed by atoms with Crippen molar-refractivity contribution in [2.24, 2.45) is 5.92 Å². The van der Waals surface area contributed by atoms with Crippen LogP contribution in [0.4, 0.5) is 0 Å². The van der Waals surface area contributed by atoms with Crippen LogP contribution in [0.5, 0.6) is 0 Å². The van der Waals surface area contributed by atoms with Crippen molar-refractivity contribution in [3.05, 3.63) is 11.8 Å². The van der Waals surface area contributed by atoms with E-state index in [1.807, 2.05) is 0 Å². The van der Waals surface area contributed by atoms with Crippen molar-refractivity contribution in [1.82, 2.24) is 0 Å². The van der Waals surface area contributed by atoms with E-state index in [1.165, 1.54) is 12.8 Å². The van der Waals surface area contributed by atoms with Crippen LogP contribution in [0, 0.1) is 5.92 Å². The van der Waals surface area contributed by atoms with E-state index in [0.29, 0.717) is 5.92 Å². The summed E-state index contributed by atoms with van der Waals surface area (Å²) in [6, 6.07) is 0. The highest BCUT2D eigenvalue weighted by Gasteiger charge is 2.28. The molecular weight excluding hydrogens is 164 g/mol. The predicted octanol–water partition coefficient (Wildman–Crippen LogP) is 2.23. The summed E-state index contributed by atoms with van der Waals surface area (Å²) in [5.74, 6) is 1.37. The van der Waals surface area contributed by atoms with E-state index in [1.54, 1.807) is 0 Å². The lowest BCUT2D eigenvalue weighted by molar-refractivity contribution is 0.0430. The number of allylic oxidation sites excluding steroid dienone is 1. The van der Waals surface area contributed by atoms with Gasteiger partial charge in [0, 0.05) is 5.92 Å². The maximum absolute atomic E-state index is 9.80. The van der Waals surface area contributed by atoms with E-state index in [-0.39, 0.29) is 6.10 Å². The van der Waals surface area contributed by atoms with Crippen LogP contribution >= 0.6 is 0 Å². The summed E-state index contributed by atoms with van der Waals surface area (Å²) in [7, 11) is 0. The van der Waals surface area contributed by atoms with Gasteiger partial charge in [0.15, 0.2) is 0 Å². The molecule has 2 heteroatoms. The number of rotatable bonds is 1. The average Bonchev–Trinajstić information content (AvgIpc) is 2.20. The molecule has 2 atom stereocenters. The summed E-state index contributed by atoms with van der Waals surface area (Å²) in [6.07, 6.45) is 8.73. The third-order valence-electron chi connectivity index (χ3n) is 3.06. The molecule has 74 valence electrons. The van der Waals surface area contributed by atoms with Crippen LogP contribution in [0.15, 0.2) is 11.8 Å². The molecule has 1 aliphatic carbocycles. The predicted molar refractivity (Wildman–Crippen MR) is 51.2 cm³/mol. The monoisotopic (exact) mass is 182 g/mol. The van der Waals surface area contributed by atoms with Gasteiger partial charge < -0.3 is 9.84 Å². The molecule has 0 saturated heterocycles. The lowest BCUT2D eigenvalue weighted by atomic mass is 9.84. The van der Waals surface area contributed by atoms with Crippen molar-refractivity contribution in [3.63, 3.8) is 0 Å². The molecule has 1 saturated carbocycles. The zero-order valence-electron chi connectivity index (χ0n) is 8.04. The number of hydrogen-bond acceptors (Lipinski definition) is 2. The minimum absolute atomic E-state index is 0.155. The van der Waals surface area contributed by atoms with Gasteiger partial charge in [-0.3, -0.25) is 0 Å². The Hall–Kier alpha value is -0.500. The molecular formula is C11H18O2. The lowest BCUT2D eigenvalue weighted by Gasteiger charge is -2.30. The average molecular weight is 182 g/mol. The highest BCUT2D eigenvalue weighted by atomic mass is 16.5. The van der Waals surface area contributed by atoms with E-state index in [4.69, 9.17) is 4.74 Å². The second-order valence-electron chi connectivity index (χ2n) is 4.06. The lowest BCUT2D eigenvalue weighted by Crippen LogP contribution is -2.28. The molecule has 0 aromatic heterocycles. The van der Waals surface area contributed by atoms with Crippen molar-refractivity contribution in [3.8, 4) is 0 Å². The van der Waals surface area contributed by atoms with Gasteiger partial charge >= 0.3 is 0 Å². The molecule has 2 aliphatic rings. The van der Waals surface area contributed by atoms with Gasteiger partial charge in [0.1, 0.15) is 0 Å². The van der Waals surface area contributed by atoms with Gasteiger partial charge in [-0.05, 0) is 31.8 Å². The maximum atomic E-state index is 9.80. The normalized spacial score (nSPS) is 35.0. The van der Waals surface area contributed by atoms with Crippen molar-refractivity contribution >= 4 is 0 Å². The van der Waals surface area contributed by atoms with Gasteiger partial charge in [-0.25, -0.2) is 0 Å². The molecule has 1 N–H and O–H groups in total. The fourth-order valence-corrected chi connectivity index (χ4v) is 2.28. The fraction of sp³-hybridized carbons (Fsp3) is 0.818. The van der Waals surface area contributed by atoms with Gasteiger partial charge in [-0.15, -0.1) is 0 Å². The standard InChI is InChI=1S/C11H18O2/c12-10-6-2-1-5-9(10)11-7-3-4-8-13-11/h7,9-10,12H,1-6,8H2/t9-,10-/m1/s1. The number of hydrogen-bond donors (Lipinski definition) is 1. The summed E-state index contributed by atoms with van der Waals surface area (Å²) in [5.41, 5.74) is 0. The Labute approximate surface area is 79.6 Å². The summed E-state index contributed by atoms with van der Waals surface area (Å²) < 4.78 is 5.59. The first-order valence-corrected chi connectivity index (χ1v) is 5.39. The van der Waals surface area contributed by atoms with Gasteiger partial charge in [0.25, 0.3) is 0 Å². The Kier molecular flexibility index (Phi) is 2.89. The van der Waals surface area contributed by atoms with Crippen LogP contribution in [-0.2, 0) is 4.74 Å². The van der Waals surface area contributed by atoms with E-state index in [0.717, 1.165) is 38.0 Å². The summed E-state index contributed by atoms with van der Waals surface area (Å²) >= 11 is 0. The third kappa shape index (κ3) is 2.05. The first kappa shape index (κ1) is 9.07. The molecule has 0 aromatic rings. The number of aliphatic hydroxyl groups is 1. The largest absolute Gasteiger partial charge is 0.498 e. The van der Waals surface area contributed by atoms with Crippen molar-refractivity contribution in [2.75, 3.05) is 6.61 Å². The maximum Gasteiger partial charge on any atom is 0.0976 e. The highest BCUT2D eigenvalue weighted by molar-refractivity contribution is 5.04. The van der Waals surface area contributed by atoms with Crippen LogP contribution < -0.4 is 0 Å². The first-order valence-electron chi connectivity index (χ1n) is 5.39. The molecule has 1 fully saturated rings. The molecule has 0 unspecified atom stereocenters. The fourth-order valence-electron chi connectivity index (χ4n) is 2.28. The van der Waals surface area contributed by atoms with Gasteiger partial charge in [0.05, 0.1) is 18.5 Å². The van der Waals surface area contributed by atoms with E-state index >= 15 is 0 Å². The molecule has 0 spiro atoms. The smallest absolute Gasteiger partial charge is 0.0976 e. The van der Waals surface area contributed by atoms with Crippen LogP contribution in [0.3, 0.4) is 0 Å². The molecule has 0 amide bonds. The van der Waals surface area contributed by atoms with Crippen molar-refractivity contribution in [2.45, 2.75) is 44.6 Å². The summed E-state index contributed by atoms with van der Waals surface area (Å²) in [6.45, 7) is 0.842. The Morgan fingerprint density at radius 3 is 2.77 bits per heavy atom. The van der Waals surface area contributed by atoms with Gasteiger partial charge in [0.2, 0.25) is 0 Å². The second-order valence-corrected chi connectivity index (χ2v) is 4.06. The van der Waals surface area contributed by atoms with Crippen LogP contribution in [0.25, 0.3) is 0 Å². The van der Waals surface area contributed by atoms with Crippen LogP contribution in [0.1, 0.15) is 38.5 Å². The Morgan fingerprint density at radius 1 is 1.23 bits per heavy atom. The second kappa shape index (κ2) is 4.14. The first-order chi connectivity index (χ1) is 6.38. The van der Waals surface area contributed by atoms with Gasteiger partial charge in [-0.1, -0.05) is 12.8 Å². The topological polar surface area (TPSA) is 29.5 Å². The van der Waals surface area contributed by atoms with E-state index < -0.39 is 0 Å². The number of aliphatic hydroxyl groups excluding tert-OH is 1. The molecule has 1 heterocycles. The molecule has 0 bridgehead atoms. The SMILES string of the molecule is O[C@@H]1CCCC[C@H]1C1=CCCCO1. The zero-order valence-corrected chi connectivity index (χ0v) is 8.04. The molecule has 2 rings (SSSR count).